The van der Waals surface area contributed by atoms with Crippen molar-refractivity contribution in [3.8, 4) is 5.75 Å². The fourth-order valence-corrected chi connectivity index (χ4v) is 3.18. The average Bonchev–Trinajstić information content (AvgIpc) is 2.61. The first-order chi connectivity index (χ1) is 12.7. The van der Waals surface area contributed by atoms with Gasteiger partial charge in [-0.15, -0.1) is 0 Å². The third-order valence-electron chi connectivity index (χ3n) is 3.99. The van der Waals surface area contributed by atoms with Gasteiger partial charge in [-0.2, -0.15) is 13.2 Å². The van der Waals surface area contributed by atoms with Crippen molar-refractivity contribution in [3.05, 3.63) is 52.5 Å². The molecule has 9 heteroatoms. The second kappa shape index (κ2) is 7.22. The minimum atomic E-state index is -4.56. The summed E-state index contributed by atoms with van der Waals surface area (Å²) in [5, 5.41) is 2.42. The molecule has 5 nitrogen and oxygen atoms in total. The molecule has 0 radical (unpaired) electrons. The van der Waals surface area contributed by atoms with Gasteiger partial charge in [0.15, 0.2) is 6.10 Å². The SMILES string of the molecule is CC(=O)N1CC(C(=O)Nc2ccc(Br)c(C(F)(F)F)c2)Oc2ccccc21. The molecule has 2 amide bonds. The summed E-state index contributed by atoms with van der Waals surface area (Å²) in [5.74, 6) is -0.566. The molecule has 2 aromatic rings. The molecular formula is C18H14BrF3N2O3. The average molecular weight is 443 g/mol. The highest BCUT2D eigenvalue weighted by molar-refractivity contribution is 9.10. The summed E-state index contributed by atoms with van der Waals surface area (Å²) >= 11 is 2.85. The molecule has 3 rings (SSSR count). The van der Waals surface area contributed by atoms with Crippen LogP contribution >= 0.6 is 15.9 Å². The first kappa shape index (κ1) is 19.2. The minimum absolute atomic E-state index is 0.0210. The van der Waals surface area contributed by atoms with E-state index < -0.39 is 23.8 Å². The zero-order chi connectivity index (χ0) is 19.8. The van der Waals surface area contributed by atoms with E-state index in [1.54, 1.807) is 24.3 Å². The van der Waals surface area contributed by atoms with E-state index in [2.05, 4.69) is 21.2 Å². The maximum atomic E-state index is 13.0. The summed E-state index contributed by atoms with van der Waals surface area (Å²) in [6, 6.07) is 10.1. The molecule has 1 aliphatic rings. The van der Waals surface area contributed by atoms with E-state index in [0.29, 0.717) is 11.4 Å². The second-order valence-electron chi connectivity index (χ2n) is 5.89. The van der Waals surface area contributed by atoms with Gasteiger partial charge >= 0.3 is 6.18 Å². The van der Waals surface area contributed by atoms with Crippen molar-refractivity contribution in [1.82, 2.24) is 0 Å². The van der Waals surface area contributed by atoms with Crippen molar-refractivity contribution in [2.75, 3.05) is 16.8 Å². The molecule has 0 aromatic heterocycles. The quantitative estimate of drug-likeness (QED) is 0.757. The number of benzene rings is 2. The number of carbonyl (C=O) groups excluding carboxylic acids is 2. The molecule has 0 spiro atoms. The first-order valence-electron chi connectivity index (χ1n) is 7.88. The van der Waals surface area contributed by atoms with Crippen LogP contribution in [0.15, 0.2) is 46.9 Å². The van der Waals surface area contributed by atoms with Crippen LogP contribution in [0, 0.1) is 0 Å². The van der Waals surface area contributed by atoms with Crippen LogP contribution in [0.5, 0.6) is 5.75 Å². The standard InChI is InChI=1S/C18H14BrF3N2O3/c1-10(25)24-9-16(27-15-5-3-2-4-14(15)24)17(26)23-11-6-7-13(19)12(8-11)18(20,21)22/h2-8,16H,9H2,1H3,(H,23,26). The van der Waals surface area contributed by atoms with E-state index in [9.17, 15) is 22.8 Å². The summed E-state index contributed by atoms with van der Waals surface area (Å²) in [6.45, 7) is 1.32. The number of carbonyl (C=O) groups is 2. The van der Waals surface area contributed by atoms with Crippen LogP contribution in [-0.4, -0.2) is 24.5 Å². The highest BCUT2D eigenvalue weighted by Gasteiger charge is 2.35. The predicted molar refractivity (Wildman–Crippen MR) is 96.7 cm³/mol. The van der Waals surface area contributed by atoms with E-state index in [0.717, 1.165) is 6.07 Å². The lowest BCUT2D eigenvalue weighted by atomic mass is 10.1. The van der Waals surface area contributed by atoms with Crippen molar-refractivity contribution < 1.29 is 27.5 Å². The molecule has 0 aliphatic carbocycles. The van der Waals surface area contributed by atoms with Crippen LogP contribution in [0.3, 0.4) is 0 Å². The zero-order valence-corrected chi connectivity index (χ0v) is 15.6. The van der Waals surface area contributed by atoms with E-state index >= 15 is 0 Å². The lowest BCUT2D eigenvalue weighted by Crippen LogP contribution is -2.48. The van der Waals surface area contributed by atoms with Crippen LogP contribution in [0.25, 0.3) is 0 Å². The first-order valence-corrected chi connectivity index (χ1v) is 8.67. The van der Waals surface area contributed by atoms with Gasteiger partial charge < -0.3 is 15.0 Å². The van der Waals surface area contributed by atoms with Gasteiger partial charge in [0, 0.05) is 17.1 Å². The molecule has 142 valence electrons. The number of halogens is 4. The van der Waals surface area contributed by atoms with Gasteiger partial charge in [0.25, 0.3) is 5.91 Å². The molecule has 1 heterocycles. The van der Waals surface area contributed by atoms with Gasteiger partial charge in [0.1, 0.15) is 5.75 Å². The van der Waals surface area contributed by atoms with Gasteiger partial charge in [-0.05, 0) is 30.3 Å². The molecular weight excluding hydrogens is 429 g/mol. The number of rotatable bonds is 2. The van der Waals surface area contributed by atoms with Crippen molar-refractivity contribution in [2.45, 2.75) is 19.2 Å². The minimum Gasteiger partial charge on any atom is -0.476 e. The highest BCUT2D eigenvalue weighted by atomic mass is 79.9. The van der Waals surface area contributed by atoms with E-state index in [-0.39, 0.29) is 22.6 Å². The van der Waals surface area contributed by atoms with E-state index in [4.69, 9.17) is 4.74 Å². The molecule has 1 aliphatic heterocycles. The van der Waals surface area contributed by atoms with Crippen LogP contribution in [-0.2, 0) is 15.8 Å². The number of anilines is 2. The van der Waals surface area contributed by atoms with Crippen LogP contribution in [0.4, 0.5) is 24.5 Å². The van der Waals surface area contributed by atoms with Crippen molar-refractivity contribution in [1.29, 1.82) is 0 Å². The number of ether oxygens (including phenoxy) is 1. The van der Waals surface area contributed by atoms with E-state index in [1.807, 2.05) is 0 Å². The normalized spacial score (nSPS) is 16.3. The smallest absolute Gasteiger partial charge is 0.417 e. The molecule has 1 N–H and O–H groups in total. The Kier molecular flexibility index (Phi) is 5.14. The molecule has 0 bridgehead atoms. The van der Waals surface area contributed by atoms with Gasteiger partial charge in [-0.1, -0.05) is 28.1 Å². The maximum absolute atomic E-state index is 13.0. The number of alkyl halides is 3. The molecule has 1 unspecified atom stereocenters. The molecule has 0 saturated carbocycles. The van der Waals surface area contributed by atoms with Gasteiger partial charge in [-0.3, -0.25) is 9.59 Å². The van der Waals surface area contributed by atoms with Gasteiger partial charge in [-0.25, -0.2) is 0 Å². The summed E-state index contributed by atoms with van der Waals surface area (Å²) < 4.78 is 44.5. The monoisotopic (exact) mass is 442 g/mol. The van der Waals surface area contributed by atoms with Crippen molar-refractivity contribution in [3.63, 3.8) is 0 Å². The lowest BCUT2D eigenvalue weighted by Gasteiger charge is -2.33. The van der Waals surface area contributed by atoms with E-state index in [1.165, 1.54) is 24.0 Å². The molecule has 2 aromatic carbocycles. The number of para-hydroxylation sites is 2. The molecule has 27 heavy (non-hydrogen) atoms. The highest BCUT2D eigenvalue weighted by Crippen LogP contribution is 2.37. The van der Waals surface area contributed by atoms with Crippen LogP contribution < -0.4 is 15.0 Å². The van der Waals surface area contributed by atoms with Gasteiger partial charge in [0.05, 0.1) is 17.8 Å². The maximum Gasteiger partial charge on any atom is 0.417 e. The summed E-state index contributed by atoms with van der Waals surface area (Å²) in [5.41, 5.74) is -0.384. The Morgan fingerprint density at radius 1 is 1.22 bits per heavy atom. The third kappa shape index (κ3) is 4.08. The number of fused-ring (bicyclic) bond motifs is 1. The Hall–Kier alpha value is -2.55. The lowest BCUT2D eigenvalue weighted by molar-refractivity contribution is -0.138. The summed E-state index contributed by atoms with van der Waals surface area (Å²) in [7, 11) is 0. The number of hydrogen-bond acceptors (Lipinski definition) is 3. The fraction of sp³-hybridized carbons (Fsp3) is 0.222. The predicted octanol–water partition coefficient (Wildman–Crippen LogP) is 4.22. The Labute approximate surface area is 161 Å². The summed E-state index contributed by atoms with van der Waals surface area (Å²) in [4.78, 5) is 25.8. The largest absolute Gasteiger partial charge is 0.476 e. The van der Waals surface area contributed by atoms with Crippen LogP contribution in [0.2, 0.25) is 0 Å². The molecule has 0 saturated heterocycles. The fourth-order valence-electron chi connectivity index (χ4n) is 2.71. The second-order valence-corrected chi connectivity index (χ2v) is 6.74. The Bertz CT molecular complexity index is 902. The Morgan fingerprint density at radius 2 is 1.93 bits per heavy atom. The molecule has 1 atom stereocenters. The number of nitrogens with one attached hydrogen (secondary N) is 1. The van der Waals surface area contributed by atoms with Crippen molar-refractivity contribution in [2.24, 2.45) is 0 Å². The Balaban J connectivity index is 1.82. The summed E-state index contributed by atoms with van der Waals surface area (Å²) in [6.07, 6.45) is -5.62. The number of nitrogens with zero attached hydrogens (tertiary/aromatic N) is 1. The topological polar surface area (TPSA) is 58.6 Å². The van der Waals surface area contributed by atoms with Crippen LogP contribution in [0.1, 0.15) is 12.5 Å². The number of hydrogen-bond donors (Lipinski definition) is 1. The molecule has 0 fully saturated rings. The Morgan fingerprint density at radius 3 is 2.59 bits per heavy atom. The van der Waals surface area contributed by atoms with Gasteiger partial charge in [0.2, 0.25) is 5.91 Å². The number of amides is 2. The van der Waals surface area contributed by atoms with Crippen molar-refractivity contribution >= 4 is 39.1 Å². The zero-order valence-electron chi connectivity index (χ0n) is 14.0. The third-order valence-corrected chi connectivity index (χ3v) is 4.68.